The molecule has 0 saturated heterocycles. The quantitative estimate of drug-likeness (QED) is 0.171. The Morgan fingerprint density at radius 2 is 1.60 bits per heavy atom. The van der Waals surface area contributed by atoms with Crippen molar-refractivity contribution in [2.75, 3.05) is 20.3 Å². The summed E-state index contributed by atoms with van der Waals surface area (Å²) < 4.78 is 22.9. The monoisotopic (exact) mass is 601 g/mol. The molecular weight excluding hydrogens is 550 g/mol. The lowest BCUT2D eigenvalue weighted by molar-refractivity contribution is -0.142. The number of aliphatic carboxylic acids is 1. The van der Waals surface area contributed by atoms with E-state index in [2.05, 4.69) is 19.2 Å². The highest BCUT2D eigenvalue weighted by Gasteiger charge is 2.31. The third-order valence-electron chi connectivity index (χ3n) is 7.18. The van der Waals surface area contributed by atoms with Crippen LogP contribution in [0, 0.1) is 17.8 Å². The maximum absolute atomic E-state index is 12.7. The summed E-state index contributed by atoms with van der Waals surface area (Å²) in [7, 11) is 1.66. The molecule has 4 atom stereocenters. The second-order valence-electron chi connectivity index (χ2n) is 12.5. The number of ether oxygens (including phenoxy) is 4. The van der Waals surface area contributed by atoms with E-state index in [-0.39, 0.29) is 18.3 Å². The van der Waals surface area contributed by atoms with E-state index in [0.29, 0.717) is 44.2 Å². The molecule has 2 aromatic carbocycles. The number of amides is 1. The highest BCUT2D eigenvalue weighted by atomic mass is 16.6. The van der Waals surface area contributed by atoms with Gasteiger partial charge >= 0.3 is 12.1 Å². The van der Waals surface area contributed by atoms with Crippen LogP contribution in [-0.2, 0) is 27.3 Å². The number of benzene rings is 2. The molecule has 0 spiro atoms. The Kier molecular flexibility index (Phi) is 14.8. The van der Waals surface area contributed by atoms with Crippen molar-refractivity contribution in [3.05, 3.63) is 59.7 Å². The molecule has 0 radical (unpaired) electrons. The standard InChI is InChI=1S/C34H51NO8/c1-23(2)27(21-28(29(36)18-24(3)32(37)38)35-33(39)43-34(4,5)6)19-26-14-15-30(31(20-26)41-17-11-16-40-7)42-22-25-12-9-8-10-13-25/h8-10,12-15,20,23-24,27-29,36H,11,16-19,21-22H2,1-7H3,(H,35,39)(H,37,38). The van der Waals surface area contributed by atoms with Gasteiger partial charge in [-0.1, -0.05) is 57.2 Å². The van der Waals surface area contributed by atoms with E-state index in [4.69, 9.17) is 18.9 Å². The summed E-state index contributed by atoms with van der Waals surface area (Å²) in [5.74, 6) is -0.224. The summed E-state index contributed by atoms with van der Waals surface area (Å²) in [6, 6.07) is 15.2. The van der Waals surface area contributed by atoms with Crippen molar-refractivity contribution in [2.24, 2.45) is 17.8 Å². The van der Waals surface area contributed by atoms with Gasteiger partial charge in [-0.2, -0.15) is 0 Å². The Bertz CT molecular complexity index is 1120. The minimum atomic E-state index is -1.06. The van der Waals surface area contributed by atoms with Gasteiger partial charge in [-0.05, 0) is 75.1 Å². The highest BCUT2D eigenvalue weighted by molar-refractivity contribution is 5.70. The van der Waals surface area contributed by atoms with Crippen LogP contribution in [0.25, 0.3) is 0 Å². The summed E-state index contributed by atoms with van der Waals surface area (Å²) >= 11 is 0. The van der Waals surface area contributed by atoms with Gasteiger partial charge in [0.05, 0.1) is 24.7 Å². The molecule has 2 aromatic rings. The number of carboxylic acid groups (broad SMARTS) is 1. The summed E-state index contributed by atoms with van der Waals surface area (Å²) in [5.41, 5.74) is 1.36. The Hall–Kier alpha value is -3.30. The number of aliphatic hydroxyl groups excluding tert-OH is 1. The van der Waals surface area contributed by atoms with Crippen LogP contribution in [-0.4, -0.2) is 60.3 Å². The molecule has 43 heavy (non-hydrogen) atoms. The summed E-state index contributed by atoms with van der Waals surface area (Å²) in [6.45, 7) is 12.5. The molecule has 2 rings (SSSR count). The van der Waals surface area contributed by atoms with Crippen LogP contribution in [0.5, 0.6) is 11.5 Å². The van der Waals surface area contributed by atoms with Gasteiger partial charge in [0.2, 0.25) is 0 Å². The summed E-state index contributed by atoms with van der Waals surface area (Å²) in [5, 5.41) is 23.3. The first-order valence-electron chi connectivity index (χ1n) is 15.1. The SMILES string of the molecule is COCCCOc1cc(CC(CC(NC(=O)OC(C)(C)C)C(O)CC(C)C(=O)O)C(C)C)ccc1OCc1ccccc1. The molecule has 9 nitrogen and oxygen atoms in total. The first-order chi connectivity index (χ1) is 20.3. The Labute approximate surface area is 256 Å². The van der Waals surface area contributed by atoms with Crippen molar-refractivity contribution in [1.82, 2.24) is 5.32 Å². The molecule has 9 heteroatoms. The van der Waals surface area contributed by atoms with Crippen molar-refractivity contribution in [3.8, 4) is 11.5 Å². The average molecular weight is 602 g/mol. The van der Waals surface area contributed by atoms with Gasteiger partial charge in [0.15, 0.2) is 11.5 Å². The van der Waals surface area contributed by atoms with Gasteiger partial charge in [-0.25, -0.2) is 4.79 Å². The average Bonchev–Trinajstić information content (AvgIpc) is 2.93. The second kappa shape index (κ2) is 17.7. The number of hydrogen-bond donors (Lipinski definition) is 3. The summed E-state index contributed by atoms with van der Waals surface area (Å²) in [6.07, 6.45) is 0.118. The first kappa shape index (κ1) is 35.9. The lowest BCUT2D eigenvalue weighted by Gasteiger charge is -2.32. The molecule has 3 N–H and O–H groups in total. The molecular formula is C34H51NO8. The van der Waals surface area contributed by atoms with Gasteiger partial charge in [0.25, 0.3) is 0 Å². The number of hydrogen-bond acceptors (Lipinski definition) is 7. The minimum absolute atomic E-state index is 0.00747. The number of aliphatic hydroxyl groups is 1. The maximum atomic E-state index is 12.7. The molecule has 0 aromatic heterocycles. The van der Waals surface area contributed by atoms with Crippen LogP contribution in [0.1, 0.15) is 71.9 Å². The Balaban J connectivity index is 2.26. The van der Waals surface area contributed by atoms with Crippen molar-refractivity contribution in [2.45, 2.75) is 91.6 Å². The van der Waals surface area contributed by atoms with Crippen LogP contribution < -0.4 is 14.8 Å². The van der Waals surface area contributed by atoms with Crippen molar-refractivity contribution in [1.29, 1.82) is 0 Å². The zero-order chi connectivity index (χ0) is 32.0. The van der Waals surface area contributed by atoms with Gasteiger partial charge in [0.1, 0.15) is 12.2 Å². The van der Waals surface area contributed by atoms with Crippen molar-refractivity contribution >= 4 is 12.1 Å². The van der Waals surface area contributed by atoms with Crippen LogP contribution >= 0.6 is 0 Å². The maximum Gasteiger partial charge on any atom is 0.407 e. The van der Waals surface area contributed by atoms with E-state index < -0.39 is 35.7 Å². The topological polar surface area (TPSA) is 124 Å². The van der Waals surface area contributed by atoms with E-state index in [1.165, 1.54) is 0 Å². The second-order valence-corrected chi connectivity index (χ2v) is 12.5. The molecule has 4 unspecified atom stereocenters. The molecule has 0 aliphatic heterocycles. The number of alkyl carbamates (subject to hydrolysis) is 1. The van der Waals surface area contributed by atoms with Gasteiger partial charge in [-0.3, -0.25) is 4.79 Å². The van der Waals surface area contributed by atoms with Gasteiger partial charge in [0, 0.05) is 20.1 Å². The Morgan fingerprint density at radius 3 is 2.21 bits per heavy atom. The normalized spacial score (nSPS) is 14.4. The molecule has 0 fully saturated rings. The third-order valence-corrected chi connectivity index (χ3v) is 7.18. The van der Waals surface area contributed by atoms with E-state index in [1.807, 2.05) is 48.5 Å². The van der Waals surface area contributed by atoms with Gasteiger partial charge < -0.3 is 34.5 Å². The number of carboxylic acids is 1. The van der Waals surface area contributed by atoms with E-state index in [9.17, 15) is 19.8 Å². The third kappa shape index (κ3) is 13.7. The lowest BCUT2D eigenvalue weighted by Crippen LogP contribution is -2.47. The lowest BCUT2D eigenvalue weighted by atomic mass is 9.82. The Morgan fingerprint density at radius 1 is 0.907 bits per heavy atom. The molecule has 0 heterocycles. The number of nitrogens with one attached hydrogen (secondary N) is 1. The van der Waals surface area contributed by atoms with E-state index in [1.54, 1.807) is 34.8 Å². The fraction of sp³-hybridized carbons (Fsp3) is 0.588. The first-order valence-corrected chi connectivity index (χ1v) is 15.1. The zero-order valence-corrected chi connectivity index (χ0v) is 26.8. The number of rotatable bonds is 18. The van der Waals surface area contributed by atoms with Crippen molar-refractivity contribution in [3.63, 3.8) is 0 Å². The predicted octanol–water partition coefficient (Wildman–Crippen LogP) is 6.25. The molecule has 0 aliphatic carbocycles. The number of carbonyl (C=O) groups excluding carboxylic acids is 1. The zero-order valence-electron chi connectivity index (χ0n) is 26.8. The molecule has 0 saturated carbocycles. The van der Waals surface area contributed by atoms with Crippen molar-refractivity contribution < 1.29 is 38.7 Å². The van der Waals surface area contributed by atoms with E-state index in [0.717, 1.165) is 17.5 Å². The predicted molar refractivity (Wildman–Crippen MR) is 166 cm³/mol. The van der Waals surface area contributed by atoms with E-state index >= 15 is 0 Å². The van der Waals surface area contributed by atoms with Crippen LogP contribution in [0.15, 0.2) is 48.5 Å². The molecule has 1 amide bonds. The minimum Gasteiger partial charge on any atom is -0.490 e. The summed E-state index contributed by atoms with van der Waals surface area (Å²) in [4.78, 5) is 24.2. The smallest absolute Gasteiger partial charge is 0.407 e. The number of methoxy groups -OCH3 is 1. The molecule has 240 valence electrons. The molecule has 0 bridgehead atoms. The fourth-order valence-corrected chi connectivity index (χ4v) is 4.65. The van der Waals surface area contributed by atoms with Crippen LogP contribution in [0.2, 0.25) is 0 Å². The largest absolute Gasteiger partial charge is 0.490 e. The fourth-order valence-electron chi connectivity index (χ4n) is 4.65. The van der Waals surface area contributed by atoms with Crippen LogP contribution in [0.3, 0.4) is 0 Å². The number of carbonyl (C=O) groups is 2. The van der Waals surface area contributed by atoms with Gasteiger partial charge in [-0.15, -0.1) is 0 Å². The highest BCUT2D eigenvalue weighted by Crippen LogP contribution is 2.32. The van der Waals surface area contributed by atoms with Crippen LogP contribution in [0.4, 0.5) is 4.79 Å². The molecule has 0 aliphatic rings.